The number of rotatable bonds is 2. The summed E-state index contributed by atoms with van der Waals surface area (Å²) in [7, 11) is 0. The molecule has 1 fully saturated rings. The van der Waals surface area contributed by atoms with E-state index in [1.807, 2.05) is 30.0 Å². The molecule has 2 aromatic rings. The lowest BCUT2D eigenvalue weighted by Crippen LogP contribution is -2.39. The molecule has 0 aliphatic carbocycles. The topological polar surface area (TPSA) is 25.2 Å². The van der Waals surface area contributed by atoms with Gasteiger partial charge in [0.15, 0.2) is 0 Å². The van der Waals surface area contributed by atoms with E-state index in [4.69, 9.17) is 11.6 Å². The number of hydrogen-bond acceptors (Lipinski definition) is 1. The highest BCUT2D eigenvalue weighted by molar-refractivity contribution is 6.31. The summed E-state index contributed by atoms with van der Waals surface area (Å²) in [5.41, 5.74) is 2.97. The first-order chi connectivity index (χ1) is 10.5. The number of fused-ring (bicyclic) bond motifs is 1. The van der Waals surface area contributed by atoms with Crippen molar-refractivity contribution in [2.75, 3.05) is 13.1 Å². The normalized spacial score (nSPS) is 16.5. The lowest BCUT2D eigenvalue weighted by molar-refractivity contribution is 0.0686. The lowest BCUT2D eigenvalue weighted by Gasteiger charge is -2.30. The lowest BCUT2D eigenvalue weighted by atomic mass is 9.99. The Morgan fingerprint density at radius 1 is 1.32 bits per heavy atom. The van der Waals surface area contributed by atoms with Crippen LogP contribution in [0.4, 0.5) is 0 Å². The van der Waals surface area contributed by atoms with Crippen LogP contribution in [0.25, 0.3) is 10.9 Å². The van der Waals surface area contributed by atoms with Crippen molar-refractivity contribution in [3.63, 3.8) is 0 Å². The highest BCUT2D eigenvalue weighted by Gasteiger charge is 2.26. The summed E-state index contributed by atoms with van der Waals surface area (Å²) in [6.45, 7) is 8.90. The van der Waals surface area contributed by atoms with E-state index in [1.54, 1.807) is 0 Å². The molecule has 0 spiro atoms. The molecule has 0 radical (unpaired) electrons. The van der Waals surface area contributed by atoms with Gasteiger partial charge in [-0.3, -0.25) is 4.79 Å². The largest absolute Gasteiger partial charge is 0.337 e. The number of benzene rings is 1. The third-order valence-electron chi connectivity index (χ3n) is 4.87. The van der Waals surface area contributed by atoms with Crippen LogP contribution in [0.5, 0.6) is 0 Å². The van der Waals surface area contributed by atoms with Crippen molar-refractivity contribution in [1.82, 2.24) is 9.47 Å². The second-order valence-corrected chi connectivity index (χ2v) is 6.79. The minimum Gasteiger partial charge on any atom is -0.337 e. The molecular formula is C18H23ClN2O. The van der Waals surface area contributed by atoms with Gasteiger partial charge in [-0.2, -0.15) is 0 Å². The number of aromatic nitrogens is 1. The minimum atomic E-state index is 0.165. The van der Waals surface area contributed by atoms with E-state index in [1.165, 1.54) is 0 Å². The second kappa shape index (κ2) is 5.96. The standard InChI is InChI=1S/C18H23ClN2O/c1-4-21-16-6-5-14(19)11-15(16)13(3)17(21)18(22)20-9-7-12(2)8-10-20/h5-6,11-12H,4,7-10H2,1-3H3. The molecule has 0 N–H and O–H groups in total. The van der Waals surface area contributed by atoms with Crippen molar-refractivity contribution in [2.24, 2.45) is 5.92 Å². The molecule has 0 bridgehead atoms. The first kappa shape index (κ1) is 15.4. The van der Waals surface area contributed by atoms with Gasteiger partial charge in [-0.1, -0.05) is 18.5 Å². The van der Waals surface area contributed by atoms with Crippen LogP contribution in [0, 0.1) is 12.8 Å². The Morgan fingerprint density at radius 2 is 2.00 bits per heavy atom. The predicted molar refractivity (Wildman–Crippen MR) is 91.7 cm³/mol. The van der Waals surface area contributed by atoms with Crippen molar-refractivity contribution in [3.8, 4) is 0 Å². The quantitative estimate of drug-likeness (QED) is 0.800. The van der Waals surface area contributed by atoms with Crippen LogP contribution < -0.4 is 0 Å². The number of carbonyl (C=O) groups excluding carboxylic acids is 1. The van der Waals surface area contributed by atoms with Crippen molar-refractivity contribution in [2.45, 2.75) is 40.2 Å². The van der Waals surface area contributed by atoms with Crippen LogP contribution in [0.2, 0.25) is 5.02 Å². The molecule has 0 atom stereocenters. The Kier molecular flexibility index (Phi) is 4.18. The summed E-state index contributed by atoms with van der Waals surface area (Å²) < 4.78 is 2.13. The first-order valence-electron chi connectivity index (χ1n) is 8.10. The van der Waals surface area contributed by atoms with Crippen LogP contribution >= 0.6 is 11.6 Å². The third kappa shape index (κ3) is 2.52. The first-order valence-corrected chi connectivity index (χ1v) is 8.48. The molecule has 3 rings (SSSR count). The number of amides is 1. The third-order valence-corrected chi connectivity index (χ3v) is 5.10. The molecule has 0 unspecified atom stereocenters. The van der Waals surface area contributed by atoms with Gasteiger partial charge in [0.25, 0.3) is 5.91 Å². The smallest absolute Gasteiger partial charge is 0.270 e. The van der Waals surface area contributed by atoms with E-state index in [9.17, 15) is 4.79 Å². The van der Waals surface area contributed by atoms with Crippen LogP contribution in [0.1, 0.15) is 42.7 Å². The summed E-state index contributed by atoms with van der Waals surface area (Å²) in [5, 5.41) is 1.80. The molecule has 1 aromatic heterocycles. The molecule has 22 heavy (non-hydrogen) atoms. The Balaban J connectivity index is 2.06. The number of hydrogen-bond donors (Lipinski definition) is 0. The number of nitrogens with zero attached hydrogens (tertiary/aromatic N) is 2. The summed E-state index contributed by atoms with van der Waals surface area (Å²) in [6.07, 6.45) is 2.20. The van der Waals surface area contributed by atoms with Gasteiger partial charge in [-0.05, 0) is 56.4 Å². The molecule has 1 aliphatic heterocycles. The van der Waals surface area contributed by atoms with Crippen LogP contribution in [0.3, 0.4) is 0 Å². The number of carbonyl (C=O) groups is 1. The van der Waals surface area contributed by atoms with Crippen LogP contribution in [-0.2, 0) is 6.54 Å². The average Bonchev–Trinajstić information content (AvgIpc) is 2.79. The zero-order chi connectivity index (χ0) is 15.9. The molecule has 0 saturated carbocycles. The van der Waals surface area contributed by atoms with Gasteiger partial charge in [0.2, 0.25) is 0 Å². The summed E-state index contributed by atoms with van der Waals surface area (Å²) in [4.78, 5) is 15.0. The Bertz CT molecular complexity index is 711. The van der Waals surface area contributed by atoms with E-state index in [-0.39, 0.29) is 5.91 Å². The molecule has 1 aliphatic rings. The monoisotopic (exact) mass is 318 g/mol. The summed E-state index contributed by atoms with van der Waals surface area (Å²) in [5.74, 6) is 0.888. The minimum absolute atomic E-state index is 0.165. The van der Waals surface area contributed by atoms with Crippen LogP contribution in [0.15, 0.2) is 18.2 Å². The maximum Gasteiger partial charge on any atom is 0.270 e. The molecule has 1 amide bonds. The van der Waals surface area contributed by atoms with Crippen molar-refractivity contribution < 1.29 is 4.79 Å². The van der Waals surface area contributed by atoms with E-state index in [2.05, 4.69) is 18.4 Å². The van der Waals surface area contributed by atoms with Gasteiger partial charge < -0.3 is 9.47 Å². The van der Waals surface area contributed by atoms with E-state index in [0.29, 0.717) is 0 Å². The molecule has 3 nitrogen and oxygen atoms in total. The molecule has 1 saturated heterocycles. The van der Waals surface area contributed by atoms with E-state index in [0.717, 1.165) is 65.6 Å². The molecule has 118 valence electrons. The number of halogens is 1. The van der Waals surface area contributed by atoms with Gasteiger partial charge in [-0.15, -0.1) is 0 Å². The number of piperidine rings is 1. The highest BCUT2D eigenvalue weighted by atomic mass is 35.5. The number of likely N-dealkylation sites (tertiary alicyclic amines) is 1. The maximum absolute atomic E-state index is 13.0. The highest BCUT2D eigenvalue weighted by Crippen LogP contribution is 2.30. The second-order valence-electron chi connectivity index (χ2n) is 6.35. The fourth-order valence-corrected chi connectivity index (χ4v) is 3.63. The Morgan fingerprint density at radius 3 is 2.64 bits per heavy atom. The summed E-state index contributed by atoms with van der Waals surface area (Å²) in [6, 6.07) is 5.88. The number of aryl methyl sites for hydroxylation is 2. The maximum atomic E-state index is 13.0. The fraction of sp³-hybridized carbons (Fsp3) is 0.500. The van der Waals surface area contributed by atoms with Crippen LogP contribution in [-0.4, -0.2) is 28.5 Å². The predicted octanol–water partition coefficient (Wildman–Crippen LogP) is 4.50. The van der Waals surface area contributed by atoms with E-state index < -0.39 is 0 Å². The molecular weight excluding hydrogens is 296 g/mol. The fourth-order valence-electron chi connectivity index (χ4n) is 3.46. The van der Waals surface area contributed by atoms with Gasteiger partial charge in [0.1, 0.15) is 5.69 Å². The van der Waals surface area contributed by atoms with Gasteiger partial charge in [0.05, 0.1) is 0 Å². The Labute approximate surface area is 136 Å². The molecule has 2 heterocycles. The van der Waals surface area contributed by atoms with E-state index >= 15 is 0 Å². The van der Waals surface area contributed by atoms with Gasteiger partial charge >= 0.3 is 0 Å². The van der Waals surface area contributed by atoms with Crippen molar-refractivity contribution in [1.29, 1.82) is 0 Å². The average molecular weight is 319 g/mol. The zero-order valence-electron chi connectivity index (χ0n) is 13.5. The van der Waals surface area contributed by atoms with Crippen molar-refractivity contribution in [3.05, 3.63) is 34.5 Å². The van der Waals surface area contributed by atoms with Gasteiger partial charge in [-0.25, -0.2) is 0 Å². The zero-order valence-corrected chi connectivity index (χ0v) is 14.3. The SMILES string of the molecule is CCn1c(C(=O)N2CCC(C)CC2)c(C)c2cc(Cl)ccc21. The van der Waals surface area contributed by atoms with Crippen molar-refractivity contribution >= 4 is 28.4 Å². The molecule has 4 heteroatoms. The Hall–Kier alpha value is -1.48. The summed E-state index contributed by atoms with van der Waals surface area (Å²) >= 11 is 6.14. The molecule has 1 aromatic carbocycles. The van der Waals surface area contributed by atoms with Gasteiger partial charge in [0, 0.05) is 35.6 Å².